The Morgan fingerprint density at radius 1 is 0.912 bits per heavy atom. The number of aliphatic hydroxyl groups is 1. The molecule has 3 aromatic rings. The average Bonchev–Trinajstić information content (AvgIpc) is 3.18. The van der Waals surface area contributed by atoms with Crippen LogP contribution in [0.2, 0.25) is 0 Å². The number of alkyl carbamates (subject to hydrolysis) is 1. The van der Waals surface area contributed by atoms with E-state index in [0.29, 0.717) is 17.1 Å². The second-order valence-corrected chi connectivity index (χ2v) is 7.88. The highest BCUT2D eigenvalue weighted by atomic mass is 16.5. The van der Waals surface area contributed by atoms with E-state index in [1.54, 1.807) is 6.07 Å². The molecule has 8 nitrogen and oxygen atoms in total. The van der Waals surface area contributed by atoms with Crippen molar-refractivity contribution in [3.63, 3.8) is 0 Å². The van der Waals surface area contributed by atoms with Gasteiger partial charge in [-0.2, -0.15) is 0 Å². The maximum absolute atomic E-state index is 12.7. The number of carboxylic acids is 1. The third-order valence-corrected chi connectivity index (χ3v) is 5.92. The number of carbonyl (C=O) groups excluding carboxylic acids is 1. The third-order valence-electron chi connectivity index (χ3n) is 5.92. The molecule has 0 aliphatic heterocycles. The van der Waals surface area contributed by atoms with Crippen molar-refractivity contribution in [3.8, 4) is 22.6 Å². The van der Waals surface area contributed by atoms with E-state index < -0.39 is 24.2 Å². The van der Waals surface area contributed by atoms with E-state index in [2.05, 4.69) is 5.32 Å². The second kappa shape index (κ2) is 9.84. The number of aliphatic carboxylic acids is 1. The number of carbonyl (C=O) groups is 2. The van der Waals surface area contributed by atoms with Gasteiger partial charge in [-0.3, -0.25) is 0 Å². The van der Waals surface area contributed by atoms with Crippen LogP contribution >= 0.6 is 0 Å². The van der Waals surface area contributed by atoms with E-state index in [0.717, 1.165) is 22.3 Å². The number of hydrogen-bond acceptors (Lipinski definition) is 6. The minimum absolute atomic E-state index is 0.0528. The summed E-state index contributed by atoms with van der Waals surface area (Å²) in [5.74, 6) is -0.888. The summed E-state index contributed by atoms with van der Waals surface area (Å²) in [6, 6.07) is 19.2. The van der Waals surface area contributed by atoms with Crippen LogP contribution < -0.4 is 14.8 Å². The lowest BCUT2D eigenvalue weighted by Gasteiger charge is -2.23. The summed E-state index contributed by atoms with van der Waals surface area (Å²) in [7, 11) is 2.89. The smallest absolute Gasteiger partial charge is 0.407 e. The van der Waals surface area contributed by atoms with Crippen molar-refractivity contribution in [2.75, 3.05) is 20.8 Å². The third kappa shape index (κ3) is 4.53. The first kappa shape index (κ1) is 23.1. The Bertz CT molecular complexity index is 1140. The molecule has 0 aromatic heterocycles. The summed E-state index contributed by atoms with van der Waals surface area (Å²) >= 11 is 0. The predicted molar refractivity (Wildman–Crippen MR) is 124 cm³/mol. The molecule has 3 aromatic carbocycles. The Balaban J connectivity index is 1.54. The number of carboxylic acid groups (broad SMARTS) is 1. The highest BCUT2D eigenvalue weighted by Crippen LogP contribution is 2.44. The Hall–Kier alpha value is -4.04. The lowest BCUT2D eigenvalue weighted by atomic mass is 9.98. The first-order valence-electron chi connectivity index (χ1n) is 10.7. The van der Waals surface area contributed by atoms with Crippen molar-refractivity contribution in [2.24, 2.45) is 0 Å². The molecule has 34 heavy (non-hydrogen) atoms. The number of amides is 1. The summed E-state index contributed by atoms with van der Waals surface area (Å²) in [4.78, 5) is 24.3. The van der Waals surface area contributed by atoms with Gasteiger partial charge in [-0.15, -0.1) is 0 Å². The SMILES string of the molecule is COc1cc(OC)cc([C@H](NC(=O)OCC2c3ccccc3-c3ccccc32)[C@H](O)C(=O)O)c1. The number of benzene rings is 3. The van der Waals surface area contributed by atoms with Gasteiger partial charge in [-0.05, 0) is 39.9 Å². The van der Waals surface area contributed by atoms with Gasteiger partial charge in [0.15, 0.2) is 6.10 Å². The number of rotatable bonds is 8. The van der Waals surface area contributed by atoms with Gasteiger partial charge in [0, 0.05) is 12.0 Å². The second-order valence-electron chi connectivity index (χ2n) is 7.88. The van der Waals surface area contributed by atoms with Gasteiger partial charge in [0.1, 0.15) is 18.1 Å². The monoisotopic (exact) mass is 463 g/mol. The fourth-order valence-corrected chi connectivity index (χ4v) is 4.26. The minimum Gasteiger partial charge on any atom is -0.497 e. The molecule has 0 spiro atoms. The molecule has 0 bridgehead atoms. The lowest BCUT2D eigenvalue weighted by Crippen LogP contribution is -2.40. The zero-order valence-electron chi connectivity index (χ0n) is 18.7. The van der Waals surface area contributed by atoms with Gasteiger partial charge in [0.25, 0.3) is 0 Å². The van der Waals surface area contributed by atoms with Crippen molar-refractivity contribution in [2.45, 2.75) is 18.1 Å². The van der Waals surface area contributed by atoms with Crippen LogP contribution in [-0.2, 0) is 9.53 Å². The number of hydrogen-bond donors (Lipinski definition) is 3. The molecule has 1 amide bonds. The van der Waals surface area contributed by atoms with E-state index in [4.69, 9.17) is 14.2 Å². The number of ether oxygens (including phenoxy) is 3. The molecular weight excluding hydrogens is 438 g/mol. The topological polar surface area (TPSA) is 114 Å². The summed E-state index contributed by atoms with van der Waals surface area (Å²) in [5.41, 5.74) is 4.58. The largest absolute Gasteiger partial charge is 0.497 e. The molecule has 8 heteroatoms. The van der Waals surface area contributed by atoms with Gasteiger partial charge in [-0.1, -0.05) is 48.5 Å². The quantitative estimate of drug-likeness (QED) is 0.466. The molecule has 176 valence electrons. The van der Waals surface area contributed by atoms with E-state index in [-0.39, 0.29) is 12.5 Å². The van der Waals surface area contributed by atoms with Gasteiger partial charge in [0.2, 0.25) is 0 Å². The number of methoxy groups -OCH3 is 2. The standard InChI is InChI=1S/C26H25NO7/c1-32-16-11-15(12-17(13-16)33-2)23(24(28)25(29)30)27-26(31)34-14-22-20-9-5-3-7-18(20)19-8-4-6-10-21(19)22/h3-13,22-24,28H,14H2,1-2H3,(H,27,31)(H,29,30)/t23-,24-/m0/s1. The molecular formula is C26H25NO7. The van der Waals surface area contributed by atoms with Crippen LogP contribution in [0.4, 0.5) is 4.79 Å². The fraction of sp³-hybridized carbons (Fsp3) is 0.231. The molecule has 4 rings (SSSR count). The maximum atomic E-state index is 12.7. The molecule has 0 fully saturated rings. The molecule has 0 radical (unpaired) electrons. The molecule has 2 atom stereocenters. The van der Waals surface area contributed by atoms with E-state index >= 15 is 0 Å². The van der Waals surface area contributed by atoms with Crippen LogP contribution in [0.25, 0.3) is 11.1 Å². The van der Waals surface area contributed by atoms with Gasteiger partial charge >= 0.3 is 12.1 Å². The molecule has 3 N–H and O–H groups in total. The number of fused-ring (bicyclic) bond motifs is 3. The number of nitrogens with one attached hydrogen (secondary N) is 1. The fourth-order valence-electron chi connectivity index (χ4n) is 4.26. The minimum atomic E-state index is -1.92. The van der Waals surface area contributed by atoms with Crippen molar-refractivity contribution in [1.29, 1.82) is 0 Å². The van der Waals surface area contributed by atoms with Crippen molar-refractivity contribution in [1.82, 2.24) is 5.32 Å². The normalized spacial score (nSPS) is 13.9. The summed E-state index contributed by atoms with van der Waals surface area (Å²) in [6.45, 7) is 0.0528. The van der Waals surface area contributed by atoms with E-state index in [1.807, 2.05) is 48.5 Å². The number of aliphatic hydroxyl groups excluding tert-OH is 1. The Kier molecular flexibility index (Phi) is 6.70. The zero-order chi connectivity index (χ0) is 24.2. The van der Waals surface area contributed by atoms with Crippen molar-refractivity contribution in [3.05, 3.63) is 83.4 Å². The van der Waals surface area contributed by atoms with Crippen LogP contribution in [0.5, 0.6) is 11.5 Å². The van der Waals surface area contributed by atoms with Crippen LogP contribution in [0.1, 0.15) is 28.7 Å². The predicted octanol–water partition coefficient (Wildman–Crippen LogP) is 3.73. The van der Waals surface area contributed by atoms with Crippen LogP contribution in [0.15, 0.2) is 66.7 Å². The highest BCUT2D eigenvalue weighted by Gasteiger charge is 2.32. The molecule has 1 aliphatic rings. The van der Waals surface area contributed by atoms with Crippen LogP contribution in [-0.4, -0.2) is 49.2 Å². The van der Waals surface area contributed by atoms with Gasteiger partial charge < -0.3 is 29.7 Å². The summed E-state index contributed by atoms with van der Waals surface area (Å²) < 4.78 is 16.0. The first-order valence-corrected chi connectivity index (χ1v) is 10.7. The van der Waals surface area contributed by atoms with E-state index in [9.17, 15) is 19.8 Å². The molecule has 0 unspecified atom stereocenters. The maximum Gasteiger partial charge on any atom is 0.407 e. The van der Waals surface area contributed by atoms with E-state index in [1.165, 1.54) is 26.4 Å². The molecule has 1 aliphatic carbocycles. The summed E-state index contributed by atoms with van der Waals surface area (Å²) in [5, 5.41) is 22.2. The zero-order valence-corrected chi connectivity index (χ0v) is 18.7. The Morgan fingerprint density at radius 3 is 1.94 bits per heavy atom. The van der Waals surface area contributed by atoms with Crippen LogP contribution in [0, 0.1) is 0 Å². The molecule has 0 saturated carbocycles. The van der Waals surface area contributed by atoms with Gasteiger partial charge in [0.05, 0.1) is 20.3 Å². The lowest BCUT2D eigenvalue weighted by molar-refractivity contribution is -0.148. The van der Waals surface area contributed by atoms with Crippen molar-refractivity contribution >= 4 is 12.1 Å². The average molecular weight is 463 g/mol. The van der Waals surface area contributed by atoms with Crippen molar-refractivity contribution < 1.29 is 34.0 Å². The first-order chi connectivity index (χ1) is 16.4. The van der Waals surface area contributed by atoms with Crippen LogP contribution in [0.3, 0.4) is 0 Å². The molecule has 0 saturated heterocycles. The Labute approximate surface area is 196 Å². The molecule has 0 heterocycles. The Morgan fingerprint density at radius 2 is 1.44 bits per heavy atom. The highest BCUT2D eigenvalue weighted by molar-refractivity contribution is 5.79. The summed E-state index contributed by atoms with van der Waals surface area (Å²) in [6.07, 6.45) is -2.77. The van der Waals surface area contributed by atoms with Gasteiger partial charge in [-0.25, -0.2) is 9.59 Å².